The molecule has 2 rings (SSSR count). The van der Waals surface area contributed by atoms with Gasteiger partial charge >= 0.3 is 5.97 Å². The minimum absolute atomic E-state index is 0.0254. The molecule has 0 saturated carbocycles. The molecule has 0 aliphatic carbocycles. The summed E-state index contributed by atoms with van der Waals surface area (Å²) in [5.74, 6) is -1.05. The number of aryl methyl sites for hydroxylation is 2. The van der Waals surface area contributed by atoms with Crippen LogP contribution < -0.4 is 4.72 Å². The number of nitrogens with zero attached hydrogens (tertiary/aromatic N) is 1. The van der Waals surface area contributed by atoms with Crippen molar-refractivity contribution < 1.29 is 22.7 Å². The van der Waals surface area contributed by atoms with E-state index in [0.29, 0.717) is 24.3 Å². The van der Waals surface area contributed by atoms with E-state index in [1.165, 1.54) is 18.2 Å². The summed E-state index contributed by atoms with van der Waals surface area (Å²) in [6, 6.07) is 11.2. The van der Waals surface area contributed by atoms with Crippen molar-refractivity contribution in [2.24, 2.45) is 0 Å². The lowest BCUT2D eigenvalue weighted by atomic mass is 10.1. The van der Waals surface area contributed by atoms with Gasteiger partial charge in [-0.2, -0.15) is 0 Å². The smallest absolute Gasteiger partial charge is 0.338 e. The second-order valence-corrected chi connectivity index (χ2v) is 8.24. The van der Waals surface area contributed by atoms with Gasteiger partial charge in [-0.1, -0.05) is 23.8 Å². The maximum absolute atomic E-state index is 12.8. The first-order chi connectivity index (χ1) is 13.7. The minimum Gasteiger partial charge on any atom is -0.452 e. The lowest BCUT2D eigenvalue weighted by Crippen LogP contribution is -2.34. The van der Waals surface area contributed by atoms with Gasteiger partial charge in [0.2, 0.25) is 0 Å². The molecule has 156 valence electrons. The molecule has 0 atom stereocenters. The van der Waals surface area contributed by atoms with E-state index in [1.54, 1.807) is 36.1 Å². The van der Waals surface area contributed by atoms with Crippen LogP contribution in [0.5, 0.6) is 0 Å². The molecule has 0 heterocycles. The van der Waals surface area contributed by atoms with Crippen molar-refractivity contribution >= 4 is 27.6 Å². The zero-order valence-corrected chi connectivity index (χ0v) is 17.9. The SMILES string of the molecule is CCN(CC)C(=O)COC(=O)c1ccc(C)c(S(=O)(=O)Nc2ccc(C)cc2)c1. The summed E-state index contributed by atoms with van der Waals surface area (Å²) in [6.45, 7) is 7.86. The number of hydrogen-bond acceptors (Lipinski definition) is 5. The molecular weight excluding hydrogens is 392 g/mol. The topological polar surface area (TPSA) is 92.8 Å². The van der Waals surface area contributed by atoms with Crippen molar-refractivity contribution in [3.8, 4) is 0 Å². The maximum Gasteiger partial charge on any atom is 0.338 e. The molecule has 7 nitrogen and oxygen atoms in total. The number of sulfonamides is 1. The first kappa shape index (κ1) is 22.4. The summed E-state index contributed by atoms with van der Waals surface area (Å²) in [4.78, 5) is 25.8. The highest BCUT2D eigenvalue weighted by atomic mass is 32.2. The van der Waals surface area contributed by atoms with Gasteiger partial charge in [0.1, 0.15) is 0 Å². The molecule has 29 heavy (non-hydrogen) atoms. The Morgan fingerprint density at radius 1 is 1.00 bits per heavy atom. The summed E-state index contributed by atoms with van der Waals surface area (Å²) in [7, 11) is -3.90. The molecule has 0 spiro atoms. The average molecular weight is 419 g/mol. The zero-order chi connectivity index (χ0) is 21.6. The van der Waals surface area contributed by atoms with E-state index in [9.17, 15) is 18.0 Å². The first-order valence-corrected chi connectivity index (χ1v) is 10.8. The predicted octanol–water partition coefficient (Wildman–Crippen LogP) is 3.13. The summed E-state index contributed by atoms with van der Waals surface area (Å²) in [5.41, 5.74) is 1.98. The number of carbonyl (C=O) groups is 2. The highest BCUT2D eigenvalue weighted by molar-refractivity contribution is 7.92. The van der Waals surface area contributed by atoms with E-state index < -0.39 is 22.6 Å². The Balaban J connectivity index is 2.19. The van der Waals surface area contributed by atoms with Crippen molar-refractivity contribution in [1.82, 2.24) is 4.90 Å². The molecule has 1 amide bonds. The van der Waals surface area contributed by atoms with Gasteiger partial charge in [-0.25, -0.2) is 13.2 Å². The Labute approximate surface area is 171 Å². The van der Waals surface area contributed by atoms with Crippen LogP contribution in [0.25, 0.3) is 0 Å². The van der Waals surface area contributed by atoms with Gasteiger partial charge in [-0.05, 0) is 57.5 Å². The minimum atomic E-state index is -3.90. The fourth-order valence-electron chi connectivity index (χ4n) is 2.73. The largest absolute Gasteiger partial charge is 0.452 e. The van der Waals surface area contributed by atoms with Crippen LogP contribution in [0.1, 0.15) is 35.3 Å². The molecule has 0 radical (unpaired) electrons. The predicted molar refractivity (Wildman–Crippen MR) is 111 cm³/mol. The van der Waals surface area contributed by atoms with Crippen LogP contribution in [-0.2, 0) is 19.6 Å². The lowest BCUT2D eigenvalue weighted by molar-refractivity contribution is -0.134. The number of anilines is 1. The van der Waals surface area contributed by atoms with Crippen LogP contribution in [-0.4, -0.2) is 44.9 Å². The number of likely N-dealkylation sites (N-methyl/N-ethyl adjacent to an activating group) is 1. The Morgan fingerprint density at radius 3 is 2.21 bits per heavy atom. The summed E-state index contributed by atoms with van der Waals surface area (Å²) >= 11 is 0. The number of carbonyl (C=O) groups excluding carboxylic acids is 2. The Morgan fingerprint density at radius 2 is 1.62 bits per heavy atom. The van der Waals surface area contributed by atoms with Crippen molar-refractivity contribution in [2.45, 2.75) is 32.6 Å². The monoisotopic (exact) mass is 418 g/mol. The number of esters is 1. The van der Waals surface area contributed by atoms with Gasteiger partial charge in [-0.15, -0.1) is 0 Å². The van der Waals surface area contributed by atoms with Crippen LogP contribution in [0.4, 0.5) is 5.69 Å². The molecule has 0 unspecified atom stereocenters. The third kappa shape index (κ3) is 5.80. The van der Waals surface area contributed by atoms with Gasteiger partial charge < -0.3 is 9.64 Å². The number of amides is 1. The Bertz CT molecular complexity index is 981. The number of hydrogen-bond donors (Lipinski definition) is 1. The molecule has 0 saturated heterocycles. The van der Waals surface area contributed by atoms with Gasteiger partial charge in [0, 0.05) is 18.8 Å². The molecule has 0 aliphatic heterocycles. The second kappa shape index (κ2) is 9.56. The summed E-state index contributed by atoms with van der Waals surface area (Å²) < 4.78 is 33.2. The zero-order valence-electron chi connectivity index (χ0n) is 17.1. The Hall–Kier alpha value is -2.87. The highest BCUT2D eigenvalue weighted by Crippen LogP contribution is 2.21. The van der Waals surface area contributed by atoms with E-state index in [4.69, 9.17) is 4.74 Å². The number of nitrogens with one attached hydrogen (secondary N) is 1. The fourth-order valence-corrected chi connectivity index (χ4v) is 4.06. The summed E-state index contributed by atoms with van der Waals surface area (Å²) in [5, 5.41) is 0. The summed E-state index contributed by atoms with van der Waals surface area (Å²) in [6.07, 6.45) is 0. The van der Waals surface area contributed by atoms with Crippen molar-refractivity contribution in [3.63, 3.8) is 0 Å². The van der Waals surface area contributed by atoms with E-state index in [2.05, 4.69) is 4.72 Å². The molecule has 8 heteroatoms. The Kier molecular flexibility index (Phi) is 7.39. The molecular formula is C21H26N2O5S. The number of rotatable bonds is 8. The van der Waals surface area contributed by atoms with E-state index in [-0.39, 0.29) is 16.4 Å². The van der Waals surface area contributed by atoms with Crippen LogP contribution in [0.3, 0.4) is 0 Å². The average Bonchev–Trinajstić information content (AvgIpc) is 2.69. The van der Waals surface area contributed by atoms with Gasteiger partial charge in [0.25, 0.3) is 15.9 Å². The third-order valence-electron chi connectivity index (χ3n) is 4.46. The highest BCUT2D eigenvalue weighted by Gasteiger charge is 2.21. The molecule has 1 N–H and O–H groups in total. The maximum atomic E-state index is 12.8. The first-order valence-electron chi connectivity index (χ1n) is 9.33. The van der Waals surface area contributed by atoms with Gasteiger partial charge in [0.15, 0.2) is 6.61 Å². The molecule has 2 aromatic rings. The van der Waals surface area contributed by atoms with Crippen LogP contribution in [0.15, 0.2) is 47.4 Å². The van der Waals surface area contributed by atoms with Gasteiger partial charge in [0.05, 0.1) is 10.5 Å². The molecule has 2 aromatic carbocycles. The molecule has 0 bridgehead atoms. The molecule has 0 aliphatic rings. The van der Waals surface area contributed by atoms with E-state index >= 15 is 0 Å². The van der Waals surface area contributed by atoms with Crippen LogP contribution in [0.2, 0.25) is 0 Å². The van der Waals surface area contributed by atoms with Crippen molar-refractivity contribution in [1.29, 1.82) is 0 Å². The quantitative estimate of drug-likeness (QED) is 0.665. The second-order valence-electron chi connectivity index (χ2n) is 6.59. The van der Waals surface area contributed by atoms with Crippen molar-refractivity contribution in [3.05, 3.63) is 59.2 Å². The van der Waals surface area contributed by atoms with Crippen LogP contribution >= 0.6 is 0 Å². The lowest BCUT2D eigenvalue weighted by Gasteiger charge is -2.18. The van der Waals surface area contributed by atoms with E-state index in [0.717, 1.165) is 5.56 Å². The van der Waals surface area contributed by atoms with Crippen molar-refractivity contribution in [2.75, 3.05) is 24.4 Å². The fraction of sp³-hybridized carbons (Fsp3) is 0.333. The standard InChI is InChI=1S/C21H26N2O5S/c1-5-23(6-2)20(24)14-28-21(25)17-10-9-16(4)19(13-17)29(26,27)22-18-11-7-15(3)8-12-18/h7-13,22H,5-6,14H2,1-4H3. The van der Waals surface area contributed by atoms with Gasteiger partial charge in [-0.3, -0.25) is 9.52 Å². The van der Waals surface area contributed by atoms with E-state index in [1.807, 2.05) is 20.8 Å². The number of benzene rings is 2. The molecule has 0 fully saturated rings. The third-order valence-corrected chi connectivity index (χ3v) is 5.98. The van der Waals surface area contributed by atoms with Crippen LogP contribution in [0, 0.1) is 13.8 Å². The normalized spacial score (nSPS) is 11.0. The molecule has 0 aromatic heterocycles. The number of ether oxygens (including phenoxy) is 1.